The monoisotopic (exact) mass is 407 g/mol. The molecule has 9 nitrogen and oxygen atoms in total. The largest absolute Gasteiger partial charge is 0.485 e. The van der Waals surface area contributed by atoms with Crippen LogP contribution in [-0.4, -0.2) is 38.7 Å². The molecule has 3 aromatic rings. The van der Waals surface area contributed by atoms with E-state index in [-0.39, 0.29) is 12.5 Å². The molecule has 1 amide bonds. The van der Waals surface area contributed by atoms with E-state index < -0.39 is 11.6 Å². The molecule has 154 valence electrons. The van der Waals surface area contributed by atoms with E-state index in [9.17, 15) is 4.79 Å². The summed E-state index contributed by atoms with van der Waals surface area (Å²) in [7, 11) is 0. The van der Waals surface area contributed by atoms with Crippen LogP contribution in [0.1, 0.15) is 38.0 Å². The lowest BCUT2D eigenvalue weighted by Crippen LogP contribution is -2.53. The lowest BCUT2D eigenvalue weighted by atomic mass is 9.81. The highest BCUT2D eigenvalue weighted by molar-refractivity contribution is 5.82. The number of hydrogen-bond donors (Lipinski definition) is 1. The maximum absolute atomic E-state index is 13.1. The van der Waals surface area contributed by atoms with Gasteiger partial charge >= 0.3 is 0 Å². The van der Waals surface area contributed by atoms with Crippen molar-refractivity contribution >= 4 is 5.91 Å². The van der Waals surface area contributed by atoms with Crippen LogP contribution in [0, 0.1) is 0 Å². The molecule has 1 fully saturated rings. The third-order valence-corrected chi connectivity index (χ3v) is 5.50. The van der Waals surface area contributed by atoms with E-state index in [1.54, 1.807) is 24.7 Å². The summed E-state index contributed by atoms with van der Waals surface area (Å²) >= 11 is 0. The number of carbonyl (C=O) groups is 1. The topological polar surface area (TPSA) is 112 Å². The van der Waals surface area contributed by atoms with Crippen LogP contribution in [0.2, 0.25) is 0 Å². The average molecular weight is 407 g/mol. The molecule has 2 aliphatic rings. The summed E-state index contributed by atoms with van der Waals surface area (Å²) in [6.45, 7) is 0.146. The average Bonchev–Trinajstić information content (AvgIpc) is 3.31. The molecule has 0 bridgehead atoms. The van der Waals surface area contributed by atoms with Gasteiger partial charge in [-0.15, -0.1) is 0 Å². The van der Waals surface area contributed by atoms with Crippen molar-refractivity contribution < 1.29 is 18.8 Å². The molecule has 1 N–H and O–H groups in total. The van der Waals surface area contributed by atoms with Gasteiger partial charge in [0.25, 0.3) is 11.8 Å². The number of carbonyl (C=O) groups excluding carboxylic acids is 1. The molecule has 2 aromatic heterocycles. The number of hydrogen-bond acceptors (Lipinski definition) is 8. The second-order valence-corrected chi connectivity index (χ2v) is 7.51. The predicted octanol–water partition coefficient (Wildman–Crippen LogP) is 2.64. The lowest BCUT2D eigenvalue weighted by Gasteiger charge is -2.36. The summed E-state index contributed by atoms with van der Waals surface area (Å²) in [4.78, 5) is 25.9. The number of rotatable bonds is 4. The van der Waals surface area contributed by atoms with Gasteiger partial charge in [0.15, 0.2) is 11.5 Å². The van der Waals surface area contributed by atoms with E-state index in [2.05, 4.69) is 25.4 Å². The Bertz CT molecular complexity index is 1030. The third kappa shape index (κ3) is 3.47. The number of fused-ring (bicyclic) bond motifs is 1. The Morgan fingerprint density at radius 1 is 1.10 bits per heavy atom. The molecule has 9 heteroatoms. The number of amides is 1. The van der Waals surface area contributed by atoms with E-state index in [0.717, 1.165) is 19.3 Å². The molecule has 30 heavy (non-hydrogen) atoms. The maximum Gasteiger partial charge on any atom is 0.265 e. The molecule has 1 saturated carbocycles. The van der Waals surface area contributed by atoms with Crippen LogP contribution < -0.4 is 14.8 Å². The van der Waals surface area contributed by atoms with Crippen molar-refractivity contribution in [1.82, 2.24) is 25.4 Å². The van der Waals surface area contributed by atoms with Gasteiger partial charge in [-0.1, -0.05) is 36.6 Å². The van der Waals surface area contributed by atoms with Crippen molar-refractivity contribution in [1.29, 1.82) is 0 Å². The minimum Gasteiger partial charge on any atom is -0.485 e. The zero-order chi connectivity index (χ0) is 20.4. The Labute approximate surface area is 172 Å². The Balaban J connectivity index is 1.38. The molecule has 5 rings (SSSR count). The molecular weight excluding hydrogens is 386 g/mol. The molecule has 0 radical (unpaired) electrons. The first-order chi connectivity index (χ1) is 14.7. The van der Waals surface area contributed by atoms with Gasteiger partial charge in [-0.2, -0.15) is 4.98 Å². The summed E-state index contributed by atoms with van der Waals surface area (Å²) in [6.07, 6.45) is 8.41. The molecule has 1 aromatic carbocycles. The van der Waals surface area contributed by atoms with E-state index in [1.807, 2.05) is 18.2 Å². The highest BCUT2D eigenvalue weighted by Gasteiger charge is 2.43. The lowest BCUT2D eigenvalue weighted by molar-refractivity contribution is -0.133. The van der Waals surface area contributed by atoms with E-state index in [4.69, 9.17) is 14.0 Å². The molecule has 0 spiro atoms. The van der Waals surface area contributed by atoms with Gasteiger partial charge in [-0.3, -0.25) is 9.78 Å². The molecule has 0 saturated heterocycles. The van der Waals surface area contributed by atoms with Gasteiger partial charge in [0.2, 0.25) is 11.9 Å². The Kier molecular flexibility index (Phi) is 4.78. The van der Waals surface area contributed by atoms with Gasteiger partial charge in [-0.05, 0) is 25.0 Å². The van der Waals surface area contributed by atoms with E-state index in [0.29, 0.717) is 41.7 Å². The second kappa shape index (κ2) is 7.74. The van der Waals surface area contributed by atoms with Gasteiger partial charge in [0.1, 0.15) is 17.8 Å². The maximum atomic E-state index is 13.1. The molecule has 0 unspecified atom stereocenters. The zero-order valence-electron chi connectivity index (χ0n) is 16.3. The summed E-state index contributed by atoms with van der Waals surface area (Å²) in [5.74, 6) is 1.67. The van der Waals surface area contributed by atoms with Crippen LogP contribution in [0.3, 0.4) is 0 Å². The van der Waals surface area contributed by atoms with Crippen molar-refractivity contribution in [3.8, 4) is 23.0 Å². The minimum atomic E-state index is -0.749. The Morgan fingerprint density at radius 3 is 2.73 bits per heavy atom. The highest BCUT2D eigenvalue weighted by atomic mass is 16.6. The van der Waals surface area contributed by atoms with Gasteiger partial charge in [-0.25, -0.2) is 4.98 Å². The minimum absolute atomic E-state index is 0.146. The van der Waals surface area contributed by atoms with Gasteiger partial charge in [0, 0.05) is 12.4 Å². The van der Waals surface area contributed by atoms with Crippen LogP contribution >= 0.6 is 0 Å². The summed E-state index contributed by atoms with van der Waals surface area (Å²) in [6, 6.07) is 7.32. The molecule has 1 aliphatic carbocycles. The zero-order valence-corrected chi connectivity index (χ0v) is 16.3. The fraction of sp³-hybridized carbons (Fsp3) is 0.381. The fourth-order valence-electron chi connectivity index (χ4n) is 3.95. The molecular formula is C21H21N5O4. The van der Waals surface area contributed by atoms with Crippen molar-refractivity contribution in [2.24, 2.45) is 0 Å². The van der Waals surface area contributed by atoms with E-state index >= 15 is 0 Å². The first kappa shape index (κ1) is 18.5. The van der Waals surface area contributed by atoms with Crippen molar-refractivity contribution in [2.75, 3.05) is 6.61 Å². The number of ether oxygens (including phenoxy) is 2. The molecule has 3 heterocycles. The number of aromatic nitrogens is 4. The van der Waals surface area contributed by atoms with Crippen molar-refractivity contribution in [3.63, 3.8) is 0 Å². The SMILES string of the molecule is O=C(NC1(c2nc(-c3cnccn3)no2)CCCCC1)[C@@H]1COc2ccccc2O1. The Hall–Kier alpha value is -3.49. The Morgan fingerprint density at radius 2 is 1.93 bits per heavy atom. The van der Waals surface area contributed by atoms with Crippen LogP contribution in [0.25, 0.3) is 11.5 Å². The smallest absolute Gasteiger partial charge is 0.265 e. The second-order valence-electron chi connectivity index (χ2n) is 7.51. The third-order valence-electron chi connectivity index (χ3n) is 5.50. The fourth-order valence-corrected chi connectivity index (χ4v) is 3.95. The van der Waals surface area contributed by atoms with Crippen molar-refractivity contribution in [3.05, 3.63) is 48.7 Å². The van der Waals surface area contributed by atoms with Crippen LogP contribution in [0.5, 0.6) is 11.5 Å². The van der Waals surface area contributed by atoms with E-state index in [1.165, 1.54) is 0 Å². The normalized spacial score (nSPS) is 19.8. The molecule has 1 aliphatic heterocycles. The van der Waals surface area contributed by atoms with Gasteiger partial charge < -0.3 is 19.3 Å². The quantitative estimate of drug-likeness (QED) is 0.702. The van der Waals surface area contributed by atoms with Crippen LogP contribution in [-0.2, 0) is 10.3 Å². The highest BCUT2D eigenvalue weighted by Crippen LogP contribution is 2.38. The standard InChI is InChI=1S/C21H21N5O4/c27-19(17-13-28-15-6-2-3-7-16(15)29-17)25-21(8-4-1-5-9-21)20-24-18(26-30-20)14-12-22-10-11-23-14/h2-3,6-7,10-12,17H,1,4-5,8-9,13H2,(H,25,27)/t17-/m0/s1. The van der Waals surface area contributed by atoms with Crippen LogP contribution in [0.4, 0.5) is 0 Å². The number of para-hydroxylation sites is 2. The number of benzene rings is 1. The van der Waals surface area contributed by atoms with Crippen LogP contribution in [0.15, 0.2) is 47.4 Å². The first-order valence-corrected chi connectivity index (χ1v) is 10.0. The van der Waals surface area contributed by atoms with Crippen molar-refractivity contribution in [2.45, 2.75) is 43.7 Å². The summed E-state index contributed by atoms with van der Waals surface area (Å²) in [5.41, 5.74) is -0.214. The predicted molar refractivity (Wildman–Crippen MR) is 105 cm³/mol. The number of nitrogens with zero attached hydrogens (tertiary/aromatic N) is 4. The molecule has 1 atom stereocenters. The first-order valence-electron chi connectivity index (χ1n) is 10.0. The summed E-state index contributed by atoms with van der Waals surface area (Å²) in [5, 5.41) is 7.20. The van der Waals surface area contributed by atoms with Gasteiger partial charge in [0.05, 0.1) is 6.20 Å². The summed E-state index contributed by atoms with van der Waals surface area (Å²) < 4.78 is 17.2. The number of nitrogens with one attached hydrogen (secondary N) is 1.